The molecular weight excluding hydrogens is 306 g/mol. The van der Waals surface area contributed by atoms with E-state index in [1.807, 2.05) is 45.0 Å². The summed E-state index contributed by atoms with van der Waals surface area (Å²) in [4.78, 5) is 19.8. The van der Waals surface area contributed by atoms with Gasteiger partial charge in [0.1, 0.15) is 11.9 Å². The van der Waals surface area contributed by atoms with Crippen molar-refractivity contribution in [2.24, 2.45) is 0 Å². The Morgan fingerprint density at radius 3 is 2.67 bits per heavy atom. The van der Waals surface area contributed by atoms with E-state index in [4.69, 9.17) is 4.42 Å². The van der Waals surface area contributed by atoms with E-state index in [1.165, 1.54) is 0 Å². The summed E-state index contributed by atoms with van der Waals surface area (Å²) < 4.78 is 5.55. The number of hydrogen-bond donors (Lipinski definition) is 2. The zero-order valence-corrected chi connectivity index (χ0v) is 14.0. The number of aryl methyl sites for hydroxylation is 1. The molecule has 0 saturated heterocycles. The zero-order chi connectivity index (χ0) is 17.1. The Hall–Kier alpha value is -2.70. The van der Waals surface area contributed by atoms with Gasteiger partial charge in [0.05, 0.1) is 11.0 Å². The van der Waals surface area contributed by atoms with E-state index in [1.54, 1.807) is 0 Å². The average molecular weight is 327 g/mol. The molecule has 0 spiro atoms. The van der Waals surface area contributed by atoms with E-state index in [0.29, 0.717) is 24.6 Å². The summed E-state index contributed by atoms with van der Waals surface area (Å²) >= 11 is 0. The monoisotopic (exact) mass is 327 g/mol. The van der Waals surface area contributed by atoms with Gasteiger partial charge in [-0.15, -0.1) is 10.2 Å². The van der Waals surface area contributed by atoms with Crippen LogP contribution in [0, 0.1) is 0 Å². The second-order valence-corrected chi connectivity index (χ2v) is 6.12. The van der Waals surface area contributed by atoms with Crippen molar-refractivity contribution in [1.82, 2.24) is 25.5 Å². The molecule has 0 bridgehead atoms. The summed E-state index contributed by atoms with van der Waals surface area (Å²) in [6.07, 6.45) is 0.893. The zero-order valence-electron chi connectivity index (χ0n) is 14.0. The fraction of sp³-hybridized carbons (Fsp3) is 0.412. The number of nitrogens with one attached hydrogen (secondary N) is 2. The van der Waals surface area contributed by atoms with E-state index >= 15 is 0 Å². The quantitative estimate of drug-likeness (QED) is 0.725. The van der Waals surface area contributed by atoms with Crippen molar-refractivity contribution in [2.75, 3.05) is 0 Å². The van der Waals surface area contributed by atoms with Crippen LogP contribution in [0.2, 0.25) is 0 Å². The van der Waals surface area contributed by atoms with Crippen LogP contribution >= 0.6 is 0 Å². The van der Waals surface area contributed by atoms with Crippen LogP contribution in [0.3, 0.4) is 0 Å². The second kappa shape index (κ2) is 6.82. The largest absolute Gasteiger partial charge is 0.423 e. The topological polar surface area (TPSA) is 96.7 Å². The Balaban J connectivity index is 1.54. The van der Waals surface area contributed by atoms with Crippen LogP contribution in [0.25, 0.3) is 11.0 Å². The maximum atomic E-state index is 12.1. The van der Waals surface area contributed by atoms with Crippen LogP contribution in [-0.4, -0.2) is 26.1 Å². The van der Waals surface area contributed by atoms with Crippen molar-refractivity contribution in [3.63, 3.8) is 0 Å². The first-order valence-corrected chi connectivity index (χ1v) is 8.09. The van der Waals surface area contributed by atoms with Crippen LogP contribution in [-0.2, 0) is 11.2 Å². The van der Waals surface area contributed by atoms with Crippen molar-refractivity contribution in [3.05, 3.63) is 41.9 Å². The molecule has 0 radical (unpaired) electrons. The highest BCUT2D eigenvalue weighted by Crippen LogP contribution is 2.17. The first kappa shape index (κ1) is 16.2. The molecule has 0 unspecified atom stereocenters. The average Bonchev–Trinajstić information content (AvgIpc) is 3.19. The maximum absolute atomic E-state index is 12.1. The summed E-state index contributed by atoms with van der Waals surface area (Å²) in [6, 6.07) is 7.49. The fourth-order valence-electron chi connectivity index (χ4n) is 2.39. The molecule has 1 atom stereocenters. The Bertz CT molecular complexity index is 803. The SMILES string of the molecule is CC(C)c1nnc([C@H](C)NC(=O)CCc2nc3ccccc3[nH]2)o1. The molecule has 0 saturated carbocycles. The lowest BCUT2D eigenvalue weighted by atomic mass is 10.2. The molecule has 0 aliphatic carbocycles. The number of benzene rings is 1. The number of imidazole rings is 1. The number of aromatic nitrogens is 4. The third-order valence-electron chi connectivity index (χ3n) is 3.73. The third kappa shape index (κ3) is 3.61. The summed E-state index contributed by atoms with van der Waals surface area (Å²) in [5, 5.41) is 10.8. The van der Waals surface area contributed by atoms with Gasteiger partial charge in [-0.1, -0.05) is 26.0 Å². The molecule has 24 heavy (non-hydrogen) atoms. The number of aromatic amines is 1. The van der Waals surface area contributed by atoms with Crippen LogP contribution in [0.1, 0.15) is 56.8 Å². The first-order valence-electron chi connectivity index (χ1n) is 8.09. The van der Waals surface area contributed by atoms with Crippen LogP contribution in [0.5, 0.6) is 0 Å². The van der Waals surface area contributed by atoms with Gasteiger partial charge < -0.3 is 14.7 Å². The highest BCUT2D eigenvalue weighted by molar-refractivity contribution is 5.77. The molecular formula is C17H21N5O2. The number of H-pyrrole nitrogens is 1. The molecule has 7 heteroatoms. The molecule has 7 nitrogen and oxygen atoms in total. The number of carbonyl (C=O) groups is 1. The van der Waals surface area contributed by atoms with Gasteiger partial charge in [0.2, 0.25) is 17.7 Å². The van der Waals surface area contributed by atoms with Gasteiger partial charge >= 0.3 is 0 Å². The molecule has 2 heterocycles. The summed E-state index contributed by atoms with van der Waals surface area (Å²) in [7, 11) is 0. The highest BCUT2D eigenvalue weighted by Gasteiger charge is 2.17. The van der Waals surface area contributed by atoms with Crippen molar-refractivity contribution in [2.45, 2.75) is 45.6 Å². The van der Waals surface area contributed by atoms with Crippen LogP contribution < -0.4 is 5.32 Å². The van der Waals surface area contributed by atoms with Gasteiger partial charge in [0.25, 0.3) is 0 Å². The van der Waals surface area contributed by atoms with Gasteiger partial charge in [-0.05, 0) is 19.1 Å². The summed E-state index contributed by atoms with van der Waals surface area (Å²) in [6.45, 7) is 5.79. The Labute approximate surface area is 139 Å². The molecule has 2 aromatic heterocycles. The maximum Gasteiger partial charge on any atom is 0.238 e. The van der Waals surface area contributed by atoms with E-state index in [0.717, 1.165) is 16.9 Å². The van der Waals surface area contributed by atoms with Crippen LogP contribution in [0.15, 0.2) is 28.7 Å². The number of nitrogens with zero attached hydrogens (tertiary/aromatic N) is 3. The Morgan fingerprint density at radius 1 is 1.21 bits per heavy atom. The minimum atomic E-state index is -0.312. The predicted molar refractivity (Wildman–Crippen MR) is 89.4 cm³/mol. The van der Waals surface area contributed by atoms with E-state index in [2.05, 4.69) is 25.5 Å². The van der Waals surface area contributed by atoms with Crippen molar-refractivity contribution in [1.29, 1.82) is 0 Å². The summed E-state index contributed by atoms with van der Waals surface area (Å²) in [5.74, 6) is 1.90. The minimum Gasteiger partial charge on any atom is -0.423 e. The van der Waals surface area contributed by atoms with Crippen molar-refractivity contribution >= 4 is 16.9 Å². The van der Waals surface area contributed by atoms with Crippen molar-refractivity contribution in [3.8, 4) is 0 Å². The Kier molecular flexibility index (Phi) is 4.59. The number of carbonyl (C=O) groups excluding carboxylic acids is 1. The van der Waals surface area contributed by atoms with E-state index < -0.39 is 0 Å². The minimum absolute atomic E-state index is 0.0766. The third-order valence-corrected chi connectivity index (χ3v) is 3.73. The lowest BCUT2D eigenvalue weighted by Gasteiger charge is -2.09. The smallest absolute Gasteiger partial charge is 0.238 e. The normalized spacial score (nSPS) is 12.7. The fourth-order valence-corrected chi connectivity index (χ4v) is 2.39. The standard InChI is InChI=1S/C17H21N5O2/c1-10(2)16-21-22-17(24-16)11(3)18-15(23)9-8-14-19-12-6-4-5-7-13(12)20-14/h4-7,10-11H,8-9H2,1-3H3,(H,18,23)(H,19,20)/t11-/m0/s1. The Morgan fingerprint density at radius 2 is 1.96 bits per heavy atom. The van der Waals surface area contributed by atoms with Crippen molar-refractivity contribution < 1.29 is 9.21 Å². The number of rotatable bonds is 6. The van der Waals surface area contributed by atoms with Gasteiger partial charge in [-0.3, -0.25) is 4.79 Å². The second-order valence-electron chi connectivity index (χ2n) is 6.12. The first-order chi connectivity index (χ1) is 11.5. The molecule has 3 aromatic rings. The molecule has 0 aliphatic rings. The lowest BCUT2D eigenvalue weighted by Crippen LogP contribution is -2.27. The highest BCUT2D eigenvalue weighted by atomic mass is 16.4. The number of hydrogen-bond acceptors (Lipinski definition) is 5. The number of amides is 1. The van der Waals surface area contributed by atoms with E-state index in [9.17, 15) is 4.79 Å². The summed E-state index contributed by atoms with van der Waals surface area (Å²) in [5.41, 5.74) is 1.89. The molecule has 1 amide bonds. The lowest BCUT2D eigenvalue weighted by molar-refractivity contribution is -0.121. The van der Waals surface area contributed by atoms with Gasteiger partial charge in [0.15, 0.2) is 0 Å². The van der Waals surface area contributed by atoms with Gasteiger partial charge in [-0.2, -0.15) is 0 Å². The molecule has 1 aromatic carbocycles. The van der Waals surface area contributed by atoms with E-state index in [-0.39, 0.29) is 17.9 Å². The van der Waals surface area contributed by atoms with Gasteiger partial charge in [0, 0.05) is 18.8 Å². The predicted octanol–water partition coefficient (Wildman–Crippen LogP) is 2.88. The number of fused-ring (bicyclic) bond motifs is 1. The molecule has 2 N–H and O–H groups in total. The molecule has 0 aliphatic heterocycles. The number of para-hydroxylation sites is 2. The molecule has 3 rings (SSSR count). The van der Waals surface area contributed by atoms with Crippen LogP contribution in [0.4, 0.5) is 0 Å². The molecule has 126 valence electrons. The molecule has 0 fully saturated rings. The van der Waals surface area contributed by atoms with Gasteiger partial charge in [-0.25, -0.2) is 4.98 Å².